The fourth-order valence-corrected chi connectivity index (χ4v) is 3.37. The second-order valence-corrected chi connectivity index (χ2v) is 6.50. The number of aromatic nitrogens is 1. The lowest BCUT2D eigenvalue weighted by Gasteiger charge is -2.33. The fourth-order valence-electron chi connectivity index (χ4n) is 2.63. The molecule has 0 radical (unpaired) electrons. The highest BCUT2D eigenvalue weighted by atomic mass is 127. The van der Waals surface area contributed by atoms with Crippen LogP contribution in [-0.4, -0.2) is 48.6 Å². The lowest BCUT2D eigenvalue weighted by molar-refractivity contribution is -0.149. The summed E-state index contributed by atoms with van der Waals surface area (Å²) in [5.74, 6) is 0.0964. The lowest BCUT2D eigenvalue weighted by Crippen LogP contribution is -2.48. The van der Waals surface area contributed by atoms with Gasteiger partial charge in [-0.3, -0.25) is 9.79 Å². The molecule has 2 rings (SSSR count). The summed E-state index contributed by atoms with van der Waals surface area (Å²) in [6.45, 7) is 3.45. The quantitative estimate of drug-likeness (QED) is 0.294. The molecule has 0 aliphatic carbocycles. The van der Waals surface area contributed by atoms with E-state index in [0.717, 1.165) is 36.1 Å². The molecule has 0 spiro atoms. The number of piperidine rings is 1. The van der Waals surface area contributed by atoms with Gasteiger partial charge in [0.05, 0.1) is 19.1 Å². The summed E-state index contributed by atoms with van der Waals surface area (Å²) >= 11 is 0.946. The molecule has 0 bridgehead atoms. The maximum Gasteiger partial charge on any atom is 0.434 e. The monoisotopic (exact) mass is 506 g/mol. The summed E-state index contributed by atoms with van der Waals surface area (Å²) < 4.78 is 42.8. The van der Waals surface area contributed by atoms with Crippen LogP contribution in [0, 0.1) is 5.92 Å². The van der Waals surface area contributed by atoms with E-state index in [1.54, 1.807) is 14.0 Å². The van der Waals surface area contributed by atoms with Crippen molar-refractivity contribution in [1.29, 1.82) is 0 Å². The molecule has 0 amide bonds. The van der Waals surface area contributed by atoms with Gasteiger partial charge in [0.2, 0.25) is 0 Å². The van der Waals surface area contributed by atoms with Crippen LogP contribution < -0.4 is 5.32 Å². The van der Waals surface area contributed by atoms with Crippen LogP contribution in [0.3, 0.4) is 0 Å². The normalized spacial score (nSPS) is 18.3. The molecule has 1 fully saturated rings. The second-order valence-electron chi connectivity index (χ2n) is 5.56. The third-order valence-corrected chi connectivity index (χ3v) is 4.64. The Balaban J connectivity index is 0.00000338. The summed E-state index contributed by atoms with van der Waals surface area (Å²) in [4.78, 5) is 21.6. The average molecular weight is 506 g/mol. The van der Waals surface area contributed by atoms with Gasteiger partial charge in [-0.1, -0.05) is 0 Å². The van der Waals surface area contributed by atoms with Crippen LogP contribution in [0.15, 0.2) is 10.4 Å². The maximum atomic E-state index is 12.6. The number of rotatable bonds is 4. The van der Waals surface area contributed by atoms with Gasteiger partial charge >= 0.3 is 12.1 Å². The Labute approximate surface area is 171 Å². The van der Waals surface area contributed by atoms with Gasteiger partial charge in [0.15, 0.2) is 11.7 Å². The lowest BCUT2D eigenvalue weighted by atomic mass is 9.98. The van der Waals surface area contributed by atoms with Gasteiger partial charge in [0.1, 0.15) is 5.01 Å². The number of hydrogen-bond donors (Lipinski definition) is 1. The number of guanidine groups is 1. The number of aliphatic imine (C=N–C) groups is 1. The smallest absolute Gasteiger partial charge is 0.434 e. The van der Waals surface area contributed by atoms with Crippen LogP contribution in [-0.2, 0) is 22.3 Å². The topological polar surface area (TPSA) is 66.8 Å². The SMILES string of the molecule is CCOC(=O)C1CCCN(C(=NC)NCc2nc(C(F)(F)F)cs2)C1.I. The second kappa shape index (κ2) is 10.3. The molecule has 1 saturated heterocycles. The molecule has 1 aromatic rings. The minimum Gasteiger partial charge on any atom is -0.466 e. The molecular formula is C15H22F3IN4O2S. The Bertz CT molecular complexity index is 624. The molecule has 1 aliphatic heterocycles. The first-order valence-electron chi connectivity index (χ1n) is 7.99. The molecule has 1 aliphatic rings. The predicted octanol–water partition coefficient (Wildman–Crippen LogP) is 3.13. The highest BCUT2D eigenvalue weighted by Crippen LogP contribution is 2.30. The third-order valence-electron chi connectivity index (χ3n) is 3.79. The number of alkyl halides is 3. The van der Waals surface area contributed by atoms with Crippen LogP contribution in [0.1, 0.15) is 30.5 Å². The number of halogens is 4. The van der Waals surface area contributed by atoms with Gasteiger partial charge < -0.3 is 15.0 Å². The van der Waals surface area contributed by atoms with Crippen LogP contribution in [0.2, 0.25) is 0 Å². The van der Waals surface area contributed by atoms with Crippen molar-refractivity contribution < 1.29 is 22.7 Å². The van der Waals surface area contributed by atoms with Crippen LogP contribution in [0.25, 0.3) is 0 Å². The van der Waals surface area contributed by atoms with Gasteiger partial charge in [0.25, 0.3) is 0 Å². The van der Waals surface area contributed by atoms with E-state index in [2.05, 4.69) is 15.3 Å². The van der Waals surface area contributed by atoms with Crippen LogP contribution in [0.5, 0.6) is 0 Å². The molecule has 1 unspecified atom stereocenters. The Morgan fingerprint density at radius 3 is 2.85 bits per heavy atom. The van der Waals surface area contributed by atoms with Gasteiger partial charge in [0, 0.05) is 25.5 Å². The maximum absolute atomic E-state index is 12.6. The molecule has 0 saturated carbocycles. The molecule has 1 N–H and O–H groups in total. The van der Waals surface area contributed by atoms with E-state index in [0.29, 0.717) is 24.1 Å². The number of likely N-dealkylation sites (tertiary alicyclic amines) is 1. The molecule has 11 heteroatoms. The predicted molar refractivity (Wildman–Crippen MR) is 104 cm³/mol. The zero-order valence-electron chi connectivity index (χ0n) is 14.5. The molecule has 6 nitrogen and oxygen atoms in total. The number of ether oxygens (including phenoxy) is 1. The van der Waals surface area contributed by atoms with Crippen molar-refractivity contribution in [3.63, 3.8) is 0 Å². The summed E-state index contributed by atoms with van der Waals surface area (Å²) in [7, 11) is 1.60. The van der Waals surface area contributed by atoms with Gasteiger partial charge in [-0.2, -0.15) is 13.2 Å². The summed E-state index contributed by atoms with van der Waals surface area (Å²) in [6.07, 6.45) is -2.86. The van der Waals surface area contributed by atoms with E-state index < -0.39 is 11.9 Å². The summed E-state index contributed by atoms with van der Waals surface area (Å²) in [6, 6.07) is 0. The van der Waals surface area contributed by atoms with Crippen molar-refractivity contribution in [1.82, 2.24) is 15.2 Å². The average Bonchev–Trinajstić information content (AvgIpc) is 3.05. The van der Waals surface area contributed by atoms with Crippen molar-refractivity contribution in [2.24, 2.45) is 10.9 Å². The first kappa shape index (κ1) is 22.9. The fraction of sp³-hybridized carbons (Fsp3) is 0.667. The Kier molecular flexibility index (Phi) is 9.07. The molecule has 1 atom stereocenters. The van der Waals surface area contributed by atoms with E-state index in [1.807, 2.05) is 4.90 Å². The van der Waals surface area contributed by atoms with Crippen LogP contribution in [0.4, 0.5) is 13.2 Å². The molecular weight excluding hydrogens is 484 g/mol. The van der Waals surface area contributed by atoms with Crippen molar-refractivity contribution in [3.8, 4) is 0 Å². The number of thiazole rings is 1. The van der Waals surface area contributed by atoms with Crippen molar-refractivity contribution in [2.45, 2.75) is 32.5 Å². The van der Waals surface area contributed by atoms with Crippen molar-refractivity contribution in [3.05, 3.63) is 16.1 Å². The van der Waals surface area contributed by atoms with E-state index in [9.17, 15) is 18.0 Å². The Hall–Kier alpha value is -1.11. The highest BCUT2D eigenvalue weighted by molar-refractivity contribution is 14.0. The molecule has 1 aromatic heterocycles. The molecule has 26 heavy (non-hydrogen) atoms. The number of nitrogens with zero attached hydrogens (tertiary/aromatic N) is 3. The number of esters is 1. The largest absolute Gasteiger partial charge is 0.466 e. The number of hydrogen-bond acceptors (Lipinski definition) is 5. The Morgan fingerprint density at radius 1 is 1.54 bits per heavy atom. The number of carbonyl (C=O) groups is 1. The number of nitrogens with one attached hydrogen (secondary N) is 1. The zero-order valence-corrected chi connectivity index (χ0v) is 17.7. The third kappa shape index (κ3) is 6.25. The summed E-state index contributed by atoms with van der Waals surface area (Å²) in [5, 5.41) is 4.34. The highest BCUT2D eigenvalue weighted by Gasteiger charge is 2.33. The molecule has 2 heterocycles. The zero-order chi connectivity index (χ0) is 18.4. The van der Waals surface area contributed by atoms with Crippen molar-refractivity contribution in [2.75, 3.05) is 26.7 Å². The van der Waals surface area contributed by atoms with Gasteiger partial charge in [-0.25, -0.2) is 4.98 Å². The van der Waals surface area contributed by atoms with E-state index in [-0.39, 0.29) is 42.4 Å². The van der Waals surface area contributed by atoms with E-state index >= 15 is 0 Å². The van der Waals surface area contributed by atoms with Crippen molar-refractivity contribution >= 4 is 47.2 Å². The minimum atomic E-state index is -4.43. The van der Waals surface area contributed by atoms with Gasteiger partial charge in [-0.05, 0) is 19.8 Å². The van der Waals surface area contributed by atoms with E-state index in [4.69, 9.17) is 4.74 Å². The van der Waals surface area contributed by atoms with E-state index in [1.165, 1.54) is 0 Å². The summed E-state index contributed by atoms with van der Waals surface area (Å²) in [5.41, 5.74) is -0.885. The minimum absolute atomic E-state index is 0. The number of carbonyl (C=O) groups excluding carboxylic acids is 1. The standard InChI is InChI=1S/C15H21F3N4O2S.HI/c1-3-24-13(23)10-5-4-6-22(8-10)14(19-2)20-7-12-21-11(9-25-12)15(16,17)18;/h9-10H,3-8H2,1-2H3,(H,19,20);1H. The van der Waals surface area contributed by atoms with Crippen LogP contribution >= 0.6 is 35.3 Å². The van der Waals surface area contributed by atoms with Gasteiger partial charge in [-0.15, -0.1) is 35.3 Å². The molecule has 0 aromatic carbocycles. The molecule has 148 valence electrons. The first-order chi connectivity index (χ1) is 11.8. The first-order valence-corrected chi connectivity index (χ1v) is 8.87. The Morgan fingerprint density at radius 2 is 2.27 bits per heavy atom.